The Morgan fingerprint density at radius 2 is 1.50 bits per heavy atom. The van der Waals surface area contributed by atoms with Crippen molar-refractivity contribution < 1.29 is 28.8 Å². The third kappa shape index (κ3) is 3.45. The molecule has 0 spiro atoms. The number of ether oxygens (including phenoxy) is 4. The first-order valence-corrected chi connectivity index (χ1v) is 11.5. The van der Waals surface area contributed by atoms with Gasteiger partial charge in [-0.15, -0.1) is 0 Å². The van der Waals surface area contributed by atoms with Gasteiger partial charge >= 0.3 is 5.97 Å². The molecule has 0 radical (unpaired) electrons. The second-order valence-electron chi connectivity index (χ2n) is 8.79. The molecule has 2 atom stereocenters. The molecule has 5 rings (SSSR count). The summed E-state index contributed by atoms with van der Waals surface area (Å²) >= 11 is 0. The molecule has 2 unspecified atom stereocenters. The van der Waals surface area contributed by atoms with Gasteiger partial charge in [0.1, 0.15) is 11.5 Å². The molecule has 0 amide bonds. The van der Waals surface area contributed by atoms with Gasteiger partial charge in [0, 0.05) is 11.0 Å². The van der Waals surface area contributed by atoms with Crippen LogP contribution in [0.5, 0.6) is 23.0 Å². The highest BCUT2D eigenvalue weighted by Gasteiger charge is 2.46. The minimum absolute atomic E-state index is 0.290. The predicted octanol–water partition coefficient (Wildman–Crippen LogP) is 5.00. The molecule has 6 nitrogen and oxygen atoms in total. The zero-order chi connectivity index (χ0) is 23.9. The number of fused-ring (bicyclic) bond motifs is 1. The molecular weight excluding hydrogens is 432 g/mol. The Morgan fingerprint density at radius 3 is 1.97 bits per heavy atom. The van der Waals surface area contributed by atoms with Gasteiger partial charge in [-0.2, -0.15) is 0 Å². The SMILES string of the molecule is CCC(c1ccc(OC)cc1)(c1ccc(OC)cc1)C(Cc1ccc2c3c1OC(C2)O3)C(=O)O. The van der Waals surface area contributed by atoms with Crippen LogP contribution in [0, 0.1) is 5.92 Å². The highest BCUT2D eigenvalue weighted by atomic mass is 16.7. The first-order chi connectivity index (χ1) is 16.5. The van der Waals surface area contributed by atoms with Crippen molar-refractivity contribution in [2.75, 3.05) is 14.2 Å². The monoisotopic (exact) mass is 460 g/mol. The molecule has 0 saturated heterocycles. The highest BCUT2D eigenvalue weighted by Crippen LogP contribution is 2.50. The second-order valence-corrected chi connectivity index (χ2v) is 8.79. The summed E-state index contributed by atoms with van der Waals surface area (Å²) < 4.78 is 22.5. The van der Waals surface area contributed by atoms with Crippen molar-refractivity contribution in [1.82, 2.24) is 0 Å². The molecule has 0 aromatic heterocycles. The molecule has 0 aliphatic carbocycles. The summed E-state index contributed by atoms with van der Waals surface area (Å²) in [6.45, 7) is 2.04. The average molecular weight is 461 g/mol. The van der Waals surface area contributed by atoms with Crippen LogP contribution in [-0.4, -0.2) is 31.6 Å². The molecule has 0 fully saturated rings. The van der Waals surface area contributed by atoms with E-state index in [1.54, 1.807) is 14.2 Å². The normalized spacial score (nSPS) is 16.5. The van der Waals surface area contributed by atoms with Gasteiger partial charge in [-0.3, -0.25) is 4.79 Å². The van der Waals surface area contributed by atoms with Crippen LogP contribution in [0.3, 0.4) is 0 Å². The summed E-state index contributed by atoms with van der Waals surface area (Å²) in [6.07, 6.45) is 1.34. The fourth-order valence-corrected chi connectivity index (χ4v) is 5.47. The van der Waals surface area contributed by atoms with Crippen LogP contribution >= 0.6 is 0 Å². The molecule has 2 aliphatic heterocycles. The second kappa shape index (κ2) is 8.60. The first-order valence-electron chi connectivity index (χ1n) is 11.5. The van der Waals surface area contributed by atoms with Crippen LogP contribution < -0.4 is 18.9 Å². The average Bonchev–Trinajstić information content (AvgIpc) is 3.48. The first kappa shape index (κ1) is 22.1. The van der Waals surface area contributed by atoms with E-state index in [9.17, 15) is 9.90 Å². The third-order valence-electron chi connectivity index (χ3n) is 7.25. The maximum Gasteiger partial charge on any atom is 0.308 e. The predicted molar refractivity (Wildman–Crippen MR) is 127 cm³/mol. The number of hydrogen-bond acceptors (Lipinski definition) is 5. The van der Waals surface area contributed by atoms with Gasteiger partial charge in [0.15, 0.2) is 11.5 Å². The zero-order valence-electron chi connectivity index (χ0n) is 19.5. The maximum absolute atomic E-state index is 13.0. The largest absolute Gasteiger partial charge is 0.497 e. The van der Waals surface area contributed by atoms with E-state index in [2.05, 4.69) is 0 Å². The summed E-state index contributed by atoms with van der Waals surface area (Å²) in [5.41, 5.74) is 3.02. The minimum atomic E-state index is -0.862. The Balaban J connectivity index is 1.65. The molecule has 34 heavy (non-hydrogen) atoms. The molecule has 6 heteroatoms. The molecule has 3 aromatic rings. The van der Waals surface area contributed by atoms with Gasteiger partial charge in [0.05, 0.1) is 26.6 Å². The Bertz CT molecular complexity index is 1150. The van der Waals surface area contributed by atoms with Crippen molar-refractivity contribution in [3.63, 3.8) is 0 Å². The number of carbonyl (C=O) groups is 1. The summed E-state index contributed by atoms with van der Waals surface area (Å²) in [5, 5.41) is 10.6. The van der Waals surface area contributed by atoms with E-state index in [4.69, 9.17) is 18.9 Å². The van der Waals surface area contributed by atoms with E-state index in [0.29, 0.717) is 18.6 Å². The number of hydrogen-bond donors (Lipinski definition) is 1. The van der Waals surface area contributed by atoms with E-state index < -0.39 is 17.3 Å². The fraction of sp³-hybridized carbons (Fsp3) is 0.321. The van der Waals surface area contributed by atoms with Crippen LogP contribution in [0.2, 0.25) is 0 Å². The highest BCUT2D eigenvalue weighted by molar-refractivity contribution is 5.75. The molecule has 0 saturated carbocycles. The Hall–Kier alpha value is -3.67. The van der Waals surface area contributed by atoms with Crippen molar-refractivity contribution in [2.24, 2.45) is 5.92 Å². The molecule has 2 bridgehead atoms. The van der Waals surface area contributed by atoms with Gasteiger partial charge in [-0.1, -0.05) is 43.3 Å². The van der Waals surface area contributed by atoms with E-state index in [1.807, 2.05) is 67.6 Å². The minimum Gasteiger partial charge on any atom is -0.497 e. The quantitative estimate of drug-likeness (QED) is 0.485. The maximum atomic E-state index is 13.0. The Kier molecular flexibility index (Phi) is 5.60. The Labute approximate surface area is 199 Å². The number of benzene rings is 3. The lowest BCUT2D eigenvalue weighted by atomic mass is 9.62. The van der Waals surface area contributed by atoms with E-state index in [0.717, 1.165) is 45.9 Å². The fourth-order valence-electron chi connectivity index (χ4n) is 5.47. The molecule has 2 heterocycles. The van der Waals surface area contributed by atoms with Crippen molar-refractivity contribution in [2.45, 2.75) is 37.9 Å². The summed E-state index contributed by atoms with van der Waals surface area (Å²) in [4.78, 5) is 13.0. The lowest BCUT2D eigenvalue weighted by molar-refractivity contribution is -0.144. The van der Waals surface area contributed by atoms with Gasteiger partial charge in [0.25, 0.3) is 0 Å². The summed E-state index contributed by atoms with van der Waals surface area (Å²) in [5.74, 6) is 1.29. The van der Waals surface area contributed by atoms with Gasteiger partial charge in [-0.05, 0) is 53.8 Å². The number of aliphatic carboxylic acids is 1. The van der Waals surface area contributed by atoms with Crippen LogP contribution in [0.4, 0.5) is 0 Å². The van der Waals surface area contributed by atoms with Crippen molar-refractivity contribution in [1.29, 1.82) is 0 Å². The number of carboxylic acids is 1. The molecular formula is C28H28O6. The lowest BCUT2D eigenvalue weighted by Gasteiger charge is -2.40. The molecule has 3 aromatic carbocycles. The van der Waals surface area contributed by atoms with Gasteiger partial charge in [-0.25, -0.2) is 0 Å². The summed E-state index contributed by atoms with van der Waals surface area (Å²) in [7, 11) is 3.24. The van der Waals surface area contributed by atoms with Crippen LogP contribution in [-0.2, 0) is 23.1 Å². The number of carboxylic acid groups (broad SMARTS) is 1. The third-order valence-corrected chi connectivity index (χ3v) is 7.25. The van der Waals surface area contributed by atoms with Crippen molar-refractivity contribution >= 4 is 5.97 Å². The summed E-state index contributed by atoms with van der Waals surface area (Å²) in [6, 6.07) is 19.4. The van der Waals surface area contributed by atoms with Crippen LogP contribution in [0.25, 0.3) is 0 Å². The van der Waals surface area contributed by atoms with E-state index >= 15 is 0 Å². The molecule has 1 N–H and O–H groups in total. The standard InChI is InChI=1S/C28H28O6/c1-4-28(19-7-11-21(31-2)12-8-19,20-9-13-22(32-3)14-10-20)23(27(29)30)15-17-5-6-18-16-24-33-25(17)26(18)34-24/h5-14,23-24H,4,15-16H2,1-3H3,(H,29,30). The molecule has 2 aliphatic rings. The Morgan fingerprint density at radius 1 is 0.941 bits per heavy atom. The number of rotatable bonds is 9. The zero-order valence-corrected chi connectivity index (χ0v) is 19.5. The van der Waals surface area contributed by atoms with Crippen LogP contribution in [0.1, 0.15) is 35.6 Å². The van der Waals surface area contributed by atoms with Gasteiger partial charge in [0.2, 0.25) is 6.29 Å². The topological polar surface area (TPSA) is 74.2 Å². The van der Waals surface area contributed by atoms with E-state index in [-0.39, 0.29) is 6.29 Å². The van der Waals surface area contributed by atoms with Crippen LogP contribution in [0.15, 0.2) is 60.7 Å². The lowest BCUT2D eigenvalue weighted by Crippen LogP contribution is -2.42. The van der Waals surface area contributed by atoms with E-state index in [1.165, 1.54) is 0 Å². The number of methoxy groups -OCH3 is 2. The van der Waals surface area contributed by atoms with Crippen molar-refractivity contribution in [3.05, 3.63) is 82.9 Å². The molecule has 176 valence electrons. The van der Waals surface area contributed by atoms with Crippen molar-refractivity contribution in [3.8, 4) is 23.0 Å². The smallest absolute Gasteiger partial charge is 0.308 e. The van der Waals surface area contributed by atoms with Gasteiger partial charge < -0.3 is 24.1 Å².